The molecule has 4 nitrogen and oxygen atoms in total. The van der Waals surface area contributed by atoms with Crippen LogP contribution in [-0.2, 0) is 5.41 Å². The number of fused-ring (bicyclic) bond motifs is 11. The smallest absolute Gasteiger partial charge is 0.139 e. The van der Waals surface area contributed by atoms with Crippen LogP contribution in [0.5, 0.6) is 5.75 Å². The minimum absolute atomic E-state index is 0.318. The Bertz CT molecular complexity index is 3280. The molecule has 0 atom stereocenters. The number of ether oxygens (including phenoxy) is 1. The molecule has 64 heavy (non-hydrogen) atoms. The van der Waals surface area contributed by atoms with Crippen molar-refractivity contribution in [3.63, 3.8) is 0 Å². The fourth-order valence-electron chi connectivity index (χ4n) is 10.5. The number of furan rings is 1. The van der Waals surface area contributed by atoms with Crippen LogP contribution in [0.4, 0.5) is 34.1 Å². The van der Waals surface area contributed by atoms with Crippen molar-refractivity contribution in [2.45, 2.75) is 54.4 Å². The van der Waals surface area contributed by atoms with Crippen LogP contribution in [0, 0.1) is 0 Å². The van der Waals surface area contributed by atoms with Gasteiger partial charge >= 0.3 is 0 Å². The van der Waals surface area contributed by atoms with E-state index in [1.54, 1.807) is 0 Å². The van der Waals surface area contributed by atoms with Crippen molar-refractivity contribution in [2.24, 2.45) is 0 Å². The van der Waals surface area contributed by atoms with Gasteiger partial charge in [-0.2, -0.15) is 0 Å². The first-order valence-electron chi connectivity index (χ1n) is 22.2. The van der Waals surface area contributed by atoms with E-state index < -0.39 is 5.41 Å². The molecule has 0 N–H and O–H groups in total. The molecule has 8 aromatic carbocycles. The second-order valence-electron chi connectivity index (χ2n) is 17.9. The van der Waals surface area contributed by atoms with Gasteiger partial charge < -0.3 is 19.0 Å². The van der Waals surface area contributed by atoms with Crippen LogP contribution in [0.3, 0.4) is 0 Å². The lowest BCUT2D eigenvalue weighted by Crippen LogP contribution is -2.33. The highest BCUT2D eigenvalue weighted by atomic mass is 32.2. The average Bonchev–Trinajstić information content (AvgIpc) is 3.84. The highest BCUT2D eigenvalue weighted by Gasteiger charge is 2.52. The maximum Gasteiger partial charge on any atom is 0.139 e. The summed E-state index contributed by atoms with van der Waals surface area (Å²) in [5, 5.41) is 2.12. The van der Waals surface area contributed by atoms with E-state index in [0.29, 0.717) is 0 Å². The molecule has 0 bridgehead atoms. The van der Waals surface area contributed by atoms with Crippen LogP contribution in [0.15, 0.2) is 220 Å². The van der Waals surface area contributed by atoms with Crippen LogP contribution in [0.25, 0.3) is 27.5 Å². The number of hydrogen-bond donors (Lipinski definition) is 0. The minimum atomic E-state index is -0.424. The van der Waals surface area contributed by atoms with Crippen LogP contribution in [0.2, 0.25) is 0 Å². The van der Waals surface area contributed by atoms with Gasteiger partial charge in [-0.05, 0) is 140 Å². The molecular formula is C59H46N2O2S. The monoisotopic (exact) mass is 846 g/mol. The summed E-state index contributed by atoms with van der Waals surface area (Å²) in [7, 11) is 0. The third-order valence-electron chi connectivity index (χ3n) is 12.9. The van der Waals surface area contributed by atoms with Gasteiger partial charge in [-0.15, -0.1) is 0 Å². The van der Waals surface area contributed by atoms with Crippen LogP contribution in [-0.4, -0.2) is 5.60 Å². The Morgan fingerprint density at radius 1 is 0.547 bits per heavy atom. The molecule has 1 spiro atoms. The lowest BCUT2D eigenvalue weighted by molar-refractivity contribution is 0.131. The summed E-state index contributed by atoms with van der Waals surface area (Å²) < 4.78 is 13.2. The van der Waals surface area contributed by atoms with Gasteiger partial charge in [0.05, 0.1) is 27.9 Å². The first-order valence-corrected chi connectivity index (χ1v) is 23.0. The molecule has 12 rings (SSSR count). The zero-order valence-electron chi connectivity index (χ0n) is 36.1. The summed E-state index contributed by atoms with van der Waals surface area (Å²) in [6.07, 6.45) is 6.77. The SMILES string of the molecule is CC(C)(C)Oc1ccc(N(c2ccccc2)c2cc(N(c3ccccc3)c3cccc4c3C3=C(CCC=C3)C43c4ccccc4Sc4ccccc43)cc3oc4ccccc4c23)cc1. The number of nitrogens with zero attached hydrogens (tertiary/aromatic N) is 2. The van der Waals surface area contributed by atoms with Crippen molar-refractivity contribution in [3.05, 3.63) is 228 Å². The van der Waals surface area contributed by atoms with Crippen LogP contribution in [0.1, 0.15) is 55.9 Å². The molecular weight excluding hydrogens is 801 g/mol. The van der Waals surface area contributed by atoms with E-state index in [1.807, 2.05) is 11.8 Å². The number of hydrogen-bond acceptors (Lipinski definition) is 5. The quantitative estimate of drug-likeness (QED) is 0.159. The maximum atomic E-state index is 6.90. The Balaban J connectivity index is 1.14. The Hall–Kier alpha value is -7.21. The predicted octanol–water partition coefficient (Wildman–Crippen LogP) is 16.6. The van der Waals surface area contributed by atoms with E-state index in [1.165, 1.54) is 43.2 Å². The topological polar surface area (TPSA) is 28.9 Å². The van der Waals surface area contributed by atoms with Crippen molar-refractivity contribution < 1.29 is 9.15 Å². The Morgan fingerprint density at radius 3 is 1.83 bits per heavy atom. The van der Waals surface area contributed by atoms with E-state index >= 15 is 0 Å². The average molecular weight is 847 g/mol. The lowest BCUT2D eigenvalue weighted by Gasteiger charge is -2.41. The van der Waals surface area contributed by atoms with Gasteiger partial charge in [0.25, 0.3) is 0 Å². The molecule has 5 heteroatoms. The highest BCUT2D eigenvalue weighted by molar-refractivity contribution is 7.99. The second-order valence-corrected chi connectivity index (χ2v) is 18.9. The summed E-state index contributed by atoms with van der Waals surface area (Å²) in [5.41, 5.74) is 15.3. The fourth-order valence-corrected chi connectivity index (χ4v) is 11.7. The number of anilines is 6. The van der Waals surface area contributed by atoms with Crippen LogP contribution >= 0.6 is 11.8 Å². The molecule has 0 amide bonds. The zero-order chi connectivity index (χ0) is 43.0. The number of allylic oxidation sites excluding steroid dienone is 4. The summed E-state index contributed by atoms with van der Waals surface area (Å²) in [6, 6.07) is 68.1. The van der Waals surface area contributed by atoms with Gasteiger partial charge in [-0.1, -0.05) is 127 Å². The predicted molar refractivity (Wildman–Crippen MR) is 266 cm³/mol. The molecule has 0 fully saturated rings. The number of rotatable bonds is 7. The molecule has 9 aromatic rings. The van der Waals surface area contributed by atoms with Crippen molar-refractivity contribution >= 4 is 73.4 Å². The van der Waals surface area contributed by atoms with Crippen molar-refractivity contribution in [3.8, 4) is 5.75 Å². The largest absolute Gasteiger partial charge is 0.488 e. The summed E-state index contributed by atoms with van der Waals surface area (Å²) >= 11 is 1.89. The lowest BCUT2D eigenvalue weighted by atomic mass is 9.65. The fraction of sp³-hybridized carbons (Fsp3) is 0.119. The first kappa shape index (κ1) is 38.5. The molecule has 2 heterocycles. The minimum Gasteiger partial charge on any atom is -0.488 e. The summed E-state index contributed by atoms with van der Waals surface area (Å²) in [5.74, 6) is 0.829. The van der Waals surface area contributed by atoms with Crippen molar-refractivity contribution in [1.29, 1.82) is 0 Å². The normalized spacial score (nSPS) is 14.6. The van der Waals surface area contributed by atoms with E-state index in [2.05, 4.69) is 231 Å². The Labute approximate surface area is 378 Å². The third-order valence-corrected chi connectivity index (χ3v) is 14.0. The Kier molecular flexibility index (Phi) is 8.99. The summed E-state index contributed by atoms with van der Waals surface area (Å²) in [6.45, 7) is 6.24. The first-order chi connectivity index (χ1) is 31.4. The van der Waals surface area contributed by atoms with Crippen LogP contribution < -0.4 is 14.5 Å². The molecule has 0 radical (unpaired) electrons. The van der Waals surface area contributed by atoms with Gasteiger partial charge in [0.2, 0.25) is 0 Å². The molecule has 2 aliphatic carbocycles. The van der Waals surface area contributed by atoms with Gasteiger partial charge in [-0.3, -0.25) is 0 Å². The Morgan fingerprint density at radius 2 is 1.14 bits per heavy atom. The molecule has 0 unspecified atom stereocenters. The zero-order valence-corrected chi connectivity index (χ0v) is 36.9. The van der Waals surface area contributed by atoms with Crippen molar-refractivity contribution in [1.82, 2.24) is 0 Å². The van der Waals surface area contributed by atoms with Gasteiger partial charge in [0.1, 0.15) is 22.5 Å². The van der Waals surface area contributed by atoms with Gasteiger partial charge in [0.15, 0.2) is 0 Å². The summed E-state index contributed by atoms with van der Waals surface area (Å²) in [4.78, 5) is 7.46. The number of benzene rings is 8. The third kappa shape index (κ3) is 6.06. The van der Waals surface area contributed by atoms with Gasteiger partial charge in [0, 0.05) is 43.9 Å². The van der Waals surface area contributed by atoms with E-state index in [4.69, 9.17) is 9.15 Å². The van der Waals surface area contributed by atoms with E-state index in [-0.39, 0.29) is 5.60 Å². The second kappa shape index (κ2) is 15.0. The standard InChI is InChI=1S/C59H46N2O2S/c1-58(2,3)63-43-35-33-41(34-36-43)60(39-19-6-4-7-20-39)51-37-42(38-53-57(51)45-24-11-15-30-52(45)62-53)61(40-21-8-5-9-22-40)50-29-18-28-49-56(50)44-23-10-12-25-46(44)59(49)47-26-13-16-31-54(47)64-55-32-17-14-27-48(55)59/h4-11,13-24,26-38H,12,25H2,1-3H3. The molecule has 1 aromatic heterocycles. The number of para-hydroxylation sites is 3. The van der Waals surface area contributed by atoms with E-state index in [0.717, 1.165) is 74.7 Å². The molecule has 1 aliphatic heterocycles. The molecule has 0 saturated heterocycles. The molecule has 310 valence electrons. The highest BCUT2D eigenvalue weighted by Crippen LogP contribution is 2.64. The van der Waals surface area contributed by atoms with Crippen molar-refractivity contribution in [2.75, 3.05) is 9.80 Å². The molecule has 0 saturated carbocycles. The van der Waals surface area contributed by atoms with Gasteiger partial charge in [-0.25, -0.2) is 0 Å². The maximum absolute atomic E-state index is 6.90. The molecule has 3 aliphatic rings. The van der Waals surface area contributed by atoms with E-state index in [9.17, 15) is 0 Å².